The summed E-state index contributed by atoms with van der Waals surface area (Å²) in [5.41, 5.74) is 3.72. The predicted octanol–water partition coefficient (Wildman–Crippen LogP) is 1.95. The van der Waals surface area contributed by atoms with Crippen LogP contribution in [0.2, 0.25) is 0 Å². The second-order valence-electron chi connectivity index (χ2n) is 6.80. The van der Waals surface area contributed by atoms with Gasteiger partial charge in [0.2, 0.25) is 0 Å². The van der Waals surface area contributed by atoms with Gasteiger partial charge in [0.05, 0.1) is 6.20 Å². The first-order chi connectivity index (χ1) is 13.8. The minimum Gasteiger partial charge on any atom is -0.368 e. The maximum absolute atomic E-state index is 12.5. The summed E-state index contributed by atoms with van der Waals surface area (Å²) < 4.78 is 3.27. The number of nitrogens with zero attached hydrogens (tertiary/aromatic N) is 6. The van der Waals surface area contributed by atoms with Gasteiger partial charge in [-0.25, -0.2) is 14.5 Å². The van der Waals surface area contributed by atoms with Crippen molar-refractivity contribution in [2.45, 2.75) is 25.8 Å². The Morgan fingerprint density at radius 3 is 2.96 bits per heavy atom. The van der Waals surface area contributed by atoms with Gasteiger partial charge in [0, 0.05) is 54.7 Å². The van der Waals surface area contributed by atoms with Crippen LogP contribution in [0.15, 0.2) is 54.0 Å². The van der Waals surface area contributed by atoms with Crippen LogP contribution >= 0.6 is 0 Å². The van der Waals surface area contributed by atoms with Crippen molar-refractivity contribution in [3.05, 3.63) is 70.8 Å². The van der Waals surface area contributed by atoms with E-state index in [9.17, 15) is 4.79 Å². The molecule has 28 heavy (non-hydrogen) atoms. The van der Waals surface area contributed by atoms with Crippen LogP contribution in [-0.4, -0.2) is 35.7 Å². The lowest BCUT2D eigenvalue weighted by Gasteiger charge is -2.13. The number of pyridine rings is 1. The third kappa shape index (κ3) is 2.92. The van der Waals surface area contributed by atoms with Crippen molar-refractivity contribution in [2.75, 3.05) is 11.9 Å². The maximum atomic E-state index is 12.5. The molecule has 140 valence electrons. The zero-order chi connectivity index (χ0) is 18.9. The van der Waals surface area contributed by atoms with E-state index in [0.717, 1.165) is 36.3 Å². The molecule has 1 aliphatic carbocycles. The van der Waals surface area contributed by atoms with E-state index in [-0.39, 0.29) is 5.56 Å². The molecule has 0 fully saturated rings. The largest absolute Gasteiger partial charge is 0.368 e. The molecular formula is C20H19N7O. The average molecular weight is 373 g/mol. The van der Waals surface area contributed by atoms with Crippen LogP contribution in [0.4, 0.5) is 5.82 Å². The van der Waals surface area contributed by atoms with E-state index < -0.39 is 0 Å². The highest BCUT2D eigenvalue weighted by Gasteiger charge is 2.20. The number of hydrogen-bond donors (Lipinski definition) is 1. The van der Waals surface area contributed by atoms with Crippen LogP contribution < -0.4 is 10.9 Å². The first-order valence-electron chi connectivity index (χ1n) is 9.36. The van der Waals surface area contributed by atoms with Crippen LogP contribution in [0.5, 0.6) is 0 Å². The van der Waals surface area contributed by atoms with Crippen molar-refractivity contribution in [1.29, 1.82) is 0 Å². The lowest BCUT2D eigenvalue weighted by molar-refractivity contribution is 0.686. The van der Waals surface area contributed by atoms with Crippen LogP contribution in [0.25, 0.3) is 16.9 Å². The number of nitrogens with one attached hydrogen (secondary N) is 1. The topological polar surface area (TPSA) is 90.0 Å². The number of fused-ring (bicyclic) bond motifs is 2. The Morgan fingerprint density at radius 1 is 1.11 bits per heavy atom. The Balaban J connectivity index is 1.39. The SMILES string of the molecule is O=c1c2ccnn2ccn1CCNc1nc(-c2cccnc2)nc2c1CCC2. The lowest BCUT2D eigenvalue weighted by Crippen LogP contribution is -2.25. The van der Waals surface area contributed by atoms with E-state index in [4.69, 9.17) is 9.97 Å². The molecule has 0 unspecified atom stereocenters. The molecule has 0 spiro atoms. The summed E-state index contributed by atoms with van der Waals surface area (Å²) in [7, 11) is 0. The molecule has 1 aliphatic rings. The molecule has 0 amide bonds. The fourth-order valence-corrected chi connectivity index (χ4v) is 3.63. The van der Waals surface area contributed by atoms with Crippen molar-refractivity contribution in [2.24, 2.45) is 0 Å². The van der Waals surface area contributed by atoms with E-state index in [1.807, 2.05) is 12.1 Å². The molecule has 1 N–H and O–H groups in total. The van der Waals surface area contributed by atoms with Crippen molar-refractivity contribution in [3.8, 4) is 11.4 Å². The zero-order valence-electron chi connectivity index (χ0n) is 15.2. The molecule has 0 aromatic carbocycles. The van der Waals surface area contributed by atoms with Gasteiger partial charge in [-0.3, -0.25) is 9.78 Å². The summed E-state index contributed by atoms with van der Waals surface area (Å²) in [6.07, 6.45) is 11.7. The minimum atomic E-state index is -0.0502. The lowest BCUT2D eigenvalue weighted by atomic mass is 10.2. The Kier molecular flexibility index (Phi) is 4.08. The van der Waals surface area contributed by atoms with Crippen molar-refractivity contribution in [3.63, 3.8) is 0 Å². The standard InChI is InChI=1S/C20H19N7O/c28-20-17-6-8-23-27(17)12-11-26(20)10-9-22-19-15-4-1-5-16(15)24-18(25-19)14-3-2-7-21-13-14/h2-3,6-8,11-13H,1,4-5,9-10H2,(H,22,24,25). The normalized spacial score (nSPS) is 13.0. The average Bonchev–Trinajstić information content (AvgIpc) is 3.40. The Labute approximate surface area is 160 Å². The zero-order valence-corrected chi connectivity index (χ0v) is 15.2. The van der Waals surface area contributed by atoms with Crippen LogP contribution in [0.3, 0.4) is 0 Å². The second kappa shape index (κ2) is 6.88. The highest BCUT2D eigenvalue weighted by molar-refractivity contribution is 5.59. The van der Waals surface area contributed by atoms with Gasteiger partial charge in [-0.15, -0.1) is 0 Å². The van der Waals surface area contributed by atoms with Gasteiger partial charge >= 0.3 is 0 Å². The third-order valence-corrected chi connectivity index (χ3v) is 5.04. The van der Waals surface area contributed by atoms with E-state index in [2.05, 4.69) is 15.4 Å². The number of aryl methyl sites for hydroxylation is 1. The first kappa shape index (κ1) is 16.6. The number of hydrogen-bond acceptors (Lipinski definition) is 6. The van der Waals surface area contributed by atoms with Gasteiger partial charge in [0.15, 0.2) is 5.82 Å². The van der Waals surface area contributed by atoms with Gasteiger partial charge in [-0.05, 0) is 37.5 Å². The van der Waals surface area contributed by atoms with Crippen molar-refractivity contribution < 1.29 is 0 Å². The van der Waals surface area contributed by atoms with E-state index in [0.29, 0.717) is 24.4 Å². The molecule has 0 aliphatic heterocycles. The van der Waals surface area contributed by atoms with Gasteiger partial charge in [-0.1, -0.05) is 0 Å². The molecule has 0 bridgehead atoms. The Morgan fingerprint density at radius 2 is 2.07 bits per heavy atom. The number of anilines is 1. The maximum Gasteiger partial charge on any atom is 0.276 e. The molecule has 0 saturated heterocycles. The second-order valence-corrected chi connectivity index (χ2v) is 6.80. The molecule has 4 aromatic rings. The predicted molar refractivity (Wildman–Crippen MR) is 105 cm³/mol. The number of rotatable bonds is 5. The summed E-state index contributed by atoms with van der Waals surface area (Å²) in [5, 5.41) is 7.51. The third-order valence-electron chi connectivity index (χ3n) is 5.04. The molecule has 5 rings (SSSR count). The highest BCUT2D eigenvalue weighted by atomic mass is 16.1. The van der Waals surface area contributed by atoms with Gasteiger partial charge in [-0.2, -0.15) is 5.10 Å². The molecule has 0 atom stereocenters. The highest BCUT2D eigenvalue weighted by Crippen LogP contribution is 2.28. The Bertz CT molecular complexity index is 1200. The smallest absolute Gasteiger partial charge is 0.276 e. The van der Waals surface area contributed by atoms with Crippen molar-refractivity contribution >= 4 is 11.3 Å². The van der Waals surface area contributed by atoms with Crippen LogP contribution in [-0.2, 0) is 19.4 Å². The minimum absolute atomic E-state index is 0.0502. The van der Waals surface area contributed by atoms with Gasteiger partial charge in [0.1, 0.15) is 11.3 Å². The fraction of sp³-hybridized carbons (Fsp3) is 0.250. The molecular weight excluding hydrogens is 354 g/mol. The summed E-state index contributed by atoms with van der Waals surface area (Å²) in [5.74, 6) is 1.55. The fourth-order valence-electron chi connectivity index (χ4n) is 3.63. The molecule has 4 heterocycles. The summed E-state index contributed by atoms with van der Waals surface area (Å²) >= 11 is 0. The molecule has 0 radical (unpaired) electrons. The van der Waals surface area contributed by atoms with Crippen LogP contribution in [0.1, 0.15) is 17.7 Å². The van der Waals surface area contributed by atoms with E-state index >= 15 is 0 Å². The summed E-state index contributed by atoms with van der Waals surface area (Å²) in [6, 6.07) is 5.58. The summed E-state index contributed by atoms with van der Waals surface area (Å²) in [6.45, 7) is 1.14. The molecule has 8 heteroatoms. The van der Waals surface area contributed by atoms with Gasteiger partial charge in [0.25, 0.3) is 5.56 Å². The van der Waals surface area contributed by atoms with Crippen LogP contribution in [0, 0.1) is 0 Å². The van der Waals surface area contributed by atoms with E-state index in [1.165, 1.54) is 5.56 Å². The van der Waals surface area contributed by atoms with E-state index in [1.54, 1.807) is 46.1 Å². The molecule has 4 aromatic heterocycles. The number of aromatic nitrogens is 6. The quantitative estimate of drug-likeness (QED) is 0.575. The molecule has 8 nitrogen and oxygen atoms in total. The van der Waals surface area contributed by atoms with Crippen molar-refractivity contribution in [1.82, 2.24) is 29.1 Å². The first-order valence-corrected chi connectivity index (χ1v) is 9.36. The van der Waals surface area contributed by atoms with Gasteiger partial charge < -0.3 is 9.88 Å². The monoisotopic (exact) mass is 373 g/mol. The molecule has 0 saturated carbocycles. The summed E-state index contributed by atoms with van der Waals surface area (Å²) in [4.78, 5) is 26.2. The Hall–Kier alpha value is -3.55.